The van der Waals surface area contributed by atoms with Crippen molar-refractivity contribution in [3.63, 3.8) is 0 Å². The second-order valence-electron chi connectivity index (χ2n) is 4.29. The van der Waals surface area contributed by atoms with E-state index in [0.717, 1.165) is 12.1 Å². The van der Waals surface area contributed by atoms with Crippen molar-refractivity contribution in [3.8, 4) is 0 Å². The van der Waals surface area contributed by atoms with E-state index in [2.05, 4.69) is 4.72 Å². The normalized spacial score (nSPS) is 11.3. The number of nitrogens with two attached hydrogens (primary N) is 1. The second kappa shape index (κ2) is 5.09. The lowest BCUT2D eigenvalue weighted by molar-refractivity contribution is 0.568. The summed E-state index contributed by atoms with van der Waals surface area (Å²) in [5.41, 5.74) is 6.85. The molecule has 0 amide bonds. The quantitative estimate of drug-likeness (QED) is 0.856. The van der Waals surface area contributed by atoms with Crippen LogP contribution in [0.3, 0.4) is 0 Å². The van der Waals surface area contributed by atoms with Crippen LogP contribution in [0.15, 0.2) is 41.3 Å². The van der Waals surface area contributed by atoms with Crippen LogP contribution >= 0.6 is 0 Å². The predicted molar refractivity (Wildman–Crippen MR) is 72.8 cm³/mol. The number of nitrogen functional groups attached to an aromatic ring is 1. The highest BCUT2D eigenvalue weighted by atomic mass is 32.2. The van der Waals surface area contributed by atoms with Crippen molar-refractivity contribution in [2.75, 3.05) is 10.5 Å². The molecule has 0 atom stereocenters. The molecule has 0 radical (unpaired) electrons. The number of hydrogen-bond acceptors (Lipinski definition) is 3. The predicted octanol–water partition coefficient (Wildman–Crippen LogP) is 2.66. The highest BCUT2D eigenvalue weighted by molar-refractivity contribution is 7.92. The van der Waals surface area contributed by atoms with Gasteiger partial charge in [0.05, 0.1) is 10.6 Å². The maximum absolute atomic E-state index is 13.1. The van der Waals surface area contributed by atoms with Gasteiger partial charge in [-0.15, -0.1) is 0 Å². The third-order valence-electron chi connectivity index (χ3n) is 2.65. The molecule has 0 saturated carbocycles. The largest absolute Gasteiger partial charge is 0.399 e. The summed E-state index contributed by atoms with van der Waals surface area (Å²) < 4.78 is 52.6. The molecule has 0 bridgehead atoms. The number of sulfonamides is 1. The van der Waals surface area contributed by atoms with Gasteiger partial charge in [0.15, 0.2) is 0 Å². The summed E-state index contributed by atoms with van der Waals surface area (Å²) in [4.78, 5) is -0.489. The van der Waals surface area contributed by atoms with Gasteiger partial charge in [0.2, 0.25) is 0 Å². The van der Waals surface area contributed by atoms with E-state index < -0.39 is 26.6 Å². The number of aryl methyl sites for hydroxylation is 1. The minimum atomic E-state index is -4.08. The fourth-order valence-electron chi connectivity index (χ4n) is 1.64. The first-order chi connectivity index (χ1) is 9.28. The molecule has 0 unspecified atom stereocenters. The summed E-state index contributed by atoms with van der Waals surface area (Å²) in [6.07, 6.45) is 0. The lowest BCUT2D eigenvalue weighted by Gasteiger charge is -2.11. The van der Waals surface area contributed by atoms with Crippen molar-refractivity contribution >= 4 is 21.4 Å². The van der Waals surface area contributed by atoms with Crippen LogP contribution < -0.4 is 10.5 Å². The van der Waals surface area contributed by atoms with Crippen LogP contribution in [-0.4, -0.2) is 8.42 Å². The molecule has 0 saturated heterocycles. The first-order valence-electron chi connectivity index (χ1n) is 5.63. The zero-order valence-corrected chi connectivity index (χ0v) is 11.3. The lowest BCUT2D eigenvalue weighted by atomic mass is 10.2. The molecular weight excluding hydrogens is 286 g/mol. The monoisotopic (exact) mass is 298 g/mol. The van der Waals surface area contributed by atoms with Crippen LogP contribution in [-0.2, 0) is 10.0 Å². The van der Waals surface area contributed by atoms with Crippen LogP contribution in [0.25, 0.3) is 0 Å². The number of halogens is 2. The van der Waals surface area contributed by atoms with Gasteiger partial charge in [0.1, 0.15) is 11.6 Å². The zero-order valence-electron chi connectivity index (χ0n) is 10.5. The fraction of sp³-hybridized carbons (Fsp3) is 0.0769. The minimum absolute atomic E-state index is 0.259. The Bertz CT molecular complexity index is 741. The molecular formula is C13H12F2N2O2S. The van der Waals surface area contributed by atoms with Gasteiger partial charge in [0.25, 0.3) is 10.0 Å². The first-order valence-corrected chi connectivity index (χ1v) is 7.11. The van der Waals surface area contributed by atoms with Crippen LogP contribution in [0.5, 0.6) is 0 Å². The number of anilines is 2. The number of hydrogen-bond donors (Lipinski definition) is 2. The Balaban J connectivity index is 2.43. The molecule has 0 aliphatic heterocycles. The second-order valence-corrected chi connectivity index (χ2v) is 5.97. The Morgan fingerprint density at radius 2 is 1.65 bits per heavy atom. The summed E-state index contributed by atoms with van der Waals surface area (Å²) in [6.45, 7) is 1.68. The van der Waals surface area contributed by atoms with E-state index in [-0.39, 0.29) is 5.69 Å². The minimum Gasteiger partial charge on any atom is -0.399 e. The highest BCUT2D eigenvalue weighted by Gasteiger charge is 2.17. The SMILES string of the molecule is Cc1ccc(N)cc1NS(=O)(=O)c1cc(F)cc(F)c1. The fourth-order valence-corrected chi connectivity index (χ4v) is 2.80. The van der Waals surface area contributed by atoms with Crippen LogP contribution in [0.1, 0.15) is 5.56 Å². The average molecular weight is 298 g/mol. The van der Waals surface area contributed by atoms with E-state index in [0.29, 0.717) is 17.3 Å². The Labute approximate surface area is 115 Å². The maximum Gasteiger partial charge on any atom is 0.262 e. The number of nitrogens with one attached hydrogen (secondary N) is 1. The number of rotatable bonds is 3. The molecule has 20 heavy (non-hydrogen) atoms. The van der Waals surface area contributed by atoms with E-state index in [9.17, 15) is 17.2 Å². The van der Waals surface area contributed by atoms with Gasteiger partial charge in [-0.1, -0.05) is 6.07 Å². The van der Waals surface area contributed by atoms with E-state index in [1.165, 1.54) is 6.07 Å². The van der Waals surface area contributed by atoms with Gasteiger partial charge in [-0.3, -0.25) is 4.72 Å². The van der Waals surface area contributed by atoms with Gasteiger partial charge in [-0.2, -0.15) is 0 Å². The van der Waals surface area contributed by atoms with E-state index >= 15 is 0 Å². The summed E-state index contributed by atoms with van der Waals surface area (Å²) in [5, 5.41) is 0. The van der Waals surface area contributed by atoms with Gasteiger partial charge in [-0.25, -0.2) is 17.2 Å². The molecule has 0 aliphatic carbocycles. The summed E-state index contributed by atoms with van der Waals surface area (Å²) in [5.74, 6) is -1.93. The summed E-state index contributed by atoms with van der Waals surface area (Å²) >= 11 is 0. The molecule has 2 aromatic rings. The lowest BCUT2D eigenvalue weighted by Crippen LogP contribution is -2.14. The van der Waals surface area contributed by atoms with Crippen molar-refractivity contribution in [2.24, 2.45) is 0 Å². The van der Waals surface area contributed by atoms with E-state index in [1.807, 2.05) is 0 Å². The maximum atomic E-state index is 13.1. The molecule has 7 heteroatoms. The summed E-state index contributed by atoms with van der Waals surface area (Å²) in [6, 6.07) is 6.78. The molecule has 2 rings (SSSR count). The molecule has 4 nitrogen and oxygen atoms in total. The molecule has 2 aromatic carbocycles. The van der Waals surface area contributed by atoms with E-state index in [4.69, 9.17) is 5.73 Å². The average Bonchev–Trinajstić information content (AvgIpc) is 2.32. The van der Waals surface area contributed by atoms with Crippen LogP contribution in [0.4, 0.5) is 20.2 Å². The highest BCUT2D eigenvalue weighted by Crippen LogP contribution is 2.23. The van der Waals surface area contributed by atoms with Crippen LogP contribution in [0.2, 0.25) is 0 Å². The van der Waals surface area contributed by atoms with Gasteiger partial charge in [0, 0.05) is 11.8 Å². The molecule has 0 fully saturated rings. The van der Waals surface area contributed by atoms with Gasteiger partial charge in [-0.05, 0) is 36.8 Å². The standard InChI is InChI=1S/C13H12F2N2O2S/c1-8-2-3-11(16)7-13(8)17-20(18,19)12-5-9(14)4-10(15)6-12/h2-7,17H,16H2,1H3. The van der Waals surface area contributed by atoms with Crippen molar-refractivity contribution < 1.29 is 17.2 Å². The molecule has 0 spiro atoms. The van der Waals surface area contributed by atoms with Crippen molar-refractivity contribution in [2.45, 2.75) is 11.8 Å². The molecule has 0 aromatic heterocycles. The Morgan fingerprint density at radius 3 is 2.25 bits per heavy atom. The van der Waals surface area contributed by atoms with Crippen molar-refractivity contribution in [3.05, 3.63) is 53.6 Å². The topological polar surface area (TPSA) is 72.2 Å². The third kappa shape index (κ3) is 3.05. The molecule has 106 valence electrons. The first kappa shape index (κ1) is 14.3. The zero-order chi connectivity index (χ0) is 14.9. The van der Waals surface area contributed by atoms with Crippen LogP contribution in [0, 0.1) is 18.6 Å². The Morgan fingerprint density at radius 1 is 1.05 bits per heavy atom. The van der Waals surface area contributed by atoms with Gasteiger partial charge < -0.3 is 5.73 Å². The Hall–Kier alpha value is -2.15. The smallest absolute Gasteiger partial charge is 0.262 e. The molecule has 0 heterocycles. The number of benzene rings is 2. The molecule has 3 N–H and O–H groups in total. The van der Waals surface area contributed by atoms with Crippen molar-refractivity contribution in [1.29, 1.82) is 0 Å². The van der Waals surface area contributed by atoms with Gasteiger partial charge >= 0.3 is 0 Å². The van der Waals surface area contributed by atoms with E-state index in [1.54, 1.807) is 19.1 Å². The Kier molecular flexibility index (Phi) is 3.63. The summed E-state index contributed by atoms with van der Waals surface area (Å²) in [7, 11) is -4.08. The van der Waals surface area contributed by atoms with Crippen molar-refractivity contribution in [1.82, 2.24) is 0 Å². The third-order valence-corrected chi connectivity index (χ3v) is 4.00. The molecule has 0 aliphatic rings.